The van der Waals surface area contributed by atoms with Crippen LogP contribution in [0.15, 0.2) is 18.2 Å². The van der Waals surface area contributed by atoms with Crippen LogP contribution >= 0.6 is 0 Å². The molecule has 0 aliphatic rings. The van der Waals surface area contributed by atoms with Crippen molar-refractivity contribution in [2.75, 3.05) is 7.11 Å². The maximum atomic E-state index is 12.8. The zero-order valence-electron chi connectivity index (χ0n) is 12.8. The number of nitrogens with one attached hydrogen (secondary N) is 1. The average molecular weight is 293 g/mol. The Balaban J connectivity index is 3.24. The Kier molecular flexibility index (Phi) is 6.88. The van der Waals surface area contributed by atoms with Gasteiger partial charge in [-0.3, -0.25) is 14.8 Å². The van der Waals surface area contributed by atoms with Crippen LogP contribution < -0.4 is 10.2 Å². The van der Waals surface area contributed by atoms with Gasteiger partial charge in [0, 0.05) is 5.92 Å². The van der Waals surface area contributed by atoms with Gasteiger partial charge in [0.1, 0.15) is 5.75 Å². The third kappa shape index (κ3) is 4.04. The molecule has 1 aromatic carbocycles. The smallest absolute Gasteiger partial charge is 0.275 e. The molecule has 1 aromatic rings. The van der Waals surface area contributed by atoms with Gasteiger partial charge in [-0.15, -0.1) is 0 Å². The van der Waals surface area contributed by atoms with Crippen LogP contribution in [0.1, 0.15) is 60.2 Å². The first-order chi connectivity index (χ1) is 10.1. The highest BCUT2D eigenvalue weighted by atomic mass is 16.5. The van der Waals surface area contributed by atoms with E-state index in [0.717, 1.165) is 19.3 Å². The molecule has 5 nitrogen and oxygen atoms in total. The summed E-state index contributed by atoms with van der Waals surface area (Å²) in [5.74, 6) is -0.605. The van der Waals surface area contributed by atoms with Gasteiger partial charge in [0.2, 0.25) is 0 Å². The zero-order valence-corrected chi connectivity index (χ0v) is 12.8. The largest absolute Gasteiger partial charge is 0.496 e. The molecular formula is C16H23NO4. The molecule has 0 aliphatic heterocycles. The molecule has 1 unspecified atom stereocenters. The minimum absolute atomic E-state index is 0.109. The summed E-state index contributed by atoms with van der Waals surface area (Å²) in [6.07, 6.45) is 3.46. The number of ketones is 1. The summed E-state index contributed by atoms with van der Waals surface area (Å²) in [6, 6.07) is 4.77. The predicted molar refractivity (Wildman–Crippen MR) is 79.9 cm³/mol. The number of rotatable bonds is 8. The van der Waals surface area contributed by atoms with Crippen LogP contribution in [-0.4, -0.2) is 24.0 Å². The highest BCUT2D eigenvalue weighted by Crippen LogP contribution is 2.28. The average Bonchev–Trinajstić information content (AvgIpc) is 2.53. The van der Waals surface area contributed by atoms with E-state index in [1.165, 1.54) is 13.2 Å². The molecule has 0 radical (unpaired) electrons. The van der Waals surface area contributed by atoms with Gasteiger partial charge in [0.05, 0.1) is 18.2 Å². The molecule has 0 fully saturated rings. The number of Topliss-reactive ketones (excluding diaryl/α,β-unsaturated/α-hetero) is 1. The van der Waals surface area contributed by atoms with Crippen LogP contribution in [0, 0.1) is 5.92 Å². The lowest BCUT2D eigenvalue weighted by molar-refractivity contribution is 0.0700. The Bertz CT molecular complexity index is 499. The number of hydrogen-bond acceptors (Lipinski definition) is 4. The Morgan fingerprint density at radius 3 is 2.57 bits per heavy atom. The van der Waals surface area contributed by atoms with Gasteiger partial charge < -0.3 is 4.74 Å². The molecule has 0 aliphatic carbocycles. The summed E-state index contributed by atoms with van der Waals surface area (Å²) in [7, 11) is 1.46. The van der Waals surface area contributed by atoms with E-state index in [9.17, 15) is 9.59 Å². The van der Waals surface area contributed by atoms with Crippen LogP contribution in [0.3, 0.4) is 0 Å². The fourth-order valence-electron chi connectivity index (χ4n) is 2.38. The minimum Gasteiger partial charge on any atom is -0.496 e. The number of hydroxylamine groups is 1. The third-order valence-corrected chi connectivity index (χ3v) is 3.61. The lowest BCUT2D eigenvalue weighted by atomic mass is 9.88. The van der Waals surface area contributed by atoms with E-state index >= 15 is 0 Å². The van der Waals surface area contributed by atoms with Gasteiger partial charge >= 0.3 is 0 Å². The molecule has 0 heterocycles. The molecule has 1 atom stereocenters. The fraction of sp³-hybridized carbons (Fsp3) is 0.500. The van der Waals surface area contributed by atoms with Gasteiger partial charge in [0.15, 0.2) is 5.78 Å². The van der Waals surface area contributed by atoms with Gasteiger partial charge in [-0.1, -0.05) is 32.8 Å². The molecule has 0 saturated heterocycles. The molecule has 1 rings (SSSR count). The number of unbranched alkanes of at least 4 members (excludes halogenated alkanes) is 1. The highest BCUT2D eigenvalue weighted by molar-refractivity contribution is 6.10. The second-order valence-electron chi connectivity index (χ2n) is 4.94. The van der Waals surface area contributed by atoms with Crippen LogP contribution in [0.2, 0.25) is 0 Å². The van der Waals surface area contributed by atoms with E-state index in [4.69, 9.17) is 9.94 Å². The lowest BCUT2D eigenvalue weighted by Gasteiger charge is -2.17. The number of benzene rings is 1. The molecule has 0 bridgehead atoms. The van der Waals surface area contributed by atoms with Crippen LogP contribution in [0.4, 0.5) is 0 Å². The molecule has 2 N–H and O–H groups in total. The first-order valence-electron chi connectivity index (χ1n) is 7.26. The summed E-state index contributed by atoms with van der Waals surface area (Å²) in [4.78, 5) is 24.5. The van der Waals surface area contributed by atoms with E-state index in [0.29, 0.717) is 12.2 Å². The van der Waals surface area contributed by atoms with E-state index in [1.54, 1.807) is 17.6 Å². The summed E-state index contributed by atoms with van der Waals surface area (Å²) >= 11 is 0. The number of carbonyl (C=O) groups is 2. The SMILES string of the molecule is CCCCC(CC)C(=O)c1c(OC)cccc1C(=O)NO. The second-order valence-corrected chi connectivity index (χ2v) is 4.94. The van der Waals surface area contributed by atoms with Gasteiger partial charge in [-0.25, -0.2) is 5.48 Å². The van der Waals surface area contributed by atoms with Crippen LogP contribution in [-0.2, 0) is 0 Å². The number of carbonyl (C=O) groups excluding carboxylic acids is 2. The molecule has 21 heavy (non-hydrogen) atoms. The Hall–Kier alpha value is -1.88. The van der Waals surface area contributed by atoms with Crippen molar-refractivity contribution in [1.29, 1.82) is 0 Å². The van der Waals surface area contributed by atoms with Crippen molar-refractivity contribution < 1.29 is 19.5 Å². The normalized spacial score (nSPS) is 11.8. The predicted octanol–water partition coefficient (Wildman–Crippen LogP) is 3.21. The number of methoxy groups -OCH3 is 1. The Morgan fingerprint density at radius 1 is 1.33 bits per heavy atom. The minimum atomic E-state index is -0.706. The van der Waals surface area contributed by atoms with Crippen molar-refractivity contribution in [3.63, 3.8) is 0 Å². The molecule has 0 spiro atoms. The van der Waals surface area contributed by atoms with Crippen molar-refractivity contribution in [2.24, 2.45) is 5.92 Å². The van der Waals surface area contributed by atoms with Crippen LogP contribution in [0.25, 0.3) is 0 Å². The molecule has 0 aromatic heterocycles. The summed E-state index contributed by atoms with van der Waals surface area (Å²) in [5, 5.41) is 8.84. The zero-order chi connectivity index (χ0) is 15.8. The van der Waals surface area contributed by atoms with Crippen molar-refractivity contribution in [2.45, 2.75) is 39.5 Å². The molecular weight excluding hydrogens is 270 g/mol. The second kappa shape index (κ2) is 8.42. The molecule has 0 saturated carbocycles. The summed E-state index contributed by atoms with van der Waals surface area (Å²) < 4.78 is 5.22. The molecule has 1 amide bonds. The van der Waals surface area contributed by atoms with Gasteiger partial charge in [-0.05, 0) is 25.0 Å². The monoisotopic (exact) mass is 293 g/mol. The maximum absolute atomic E-state index is 12.8. The first kappa shape index (κ1) is 17.2. The van der Waals surface area contributed by atoms with E-state index in [-0.39, 0.29) is 22.8 Å². The highest BCUT2D eigenvalue weighted by Gasteiger charge is 2.26. The lowest BCUT2D eigenvalue weighted by Crippen LogP contribution is -2.24. The Morgan fingerprint density at radius 2 is 2.05 bits per heavy atom. The maximum Gasteiger partial charge on any atom is 0.275 e. The third-order valence-electron chi connectivity index (χ3n) is 3.61. The van der Waals surface area contributed by atoms with Crippen molar-refractivity contribution in [1.82, 2.24) is 5.48 Å². The van der Waals surface area contributed by atoms with Crippen molar-refractivity contribution in [3.8, 4) is 5.75 Å². The Labute approximate surface area is 125 Å². The van der Waals surface area contributed by atoms with E-state index in [2.05, 4.69) is 6.92 Å². The van der Waals surface area contributed by atoms with E-state index < -0.39 is 5.91 Å². The fourth-order valence-corrected chi connectivity index (χ4v) is 2.38. The van der Waals surface area contributed by atoms with Crippen molar-refractivity contribution >= 4 is 11.7 Å². The number of hydrogen-bond donors (Lipinski definition) is 2. The quantitative estimate of drug-likeness (QED) is 0.438. The number of amides is 1. The molecule has 116 valence electrons. The van der Waals surface area contributed by atoms with E-state index in [1.807, 2.05) is 6.92 Å². The summed E-state index contributed by atoms with van der Waals surface area (Å²) in [5.41, 5.74) is 1.96. The molecule has 5 heteroatoms. The first-order valence-corrected chi connectivity index (χ1v) is 7.26. The summed E-state index contributed by atoms with van der Waals surface area (Å²) in [6.45, 7) is 4.03. The topological polar surface area (TPSA) is 75.6 Å². The van der Waals surface area contributed by atoms with Crippen molar-refractivity contribution in [3.05, 3.63) is 29.3 Å². The van der Waals surface area contributed by atoms with Gasteiger partial charge in [0.25, 0.3) is 5.91 Å². The number of ether oxygens (including phenoxy) is 1. The van der Waals surface area contributed by atoms with Crippen LogP contribution in [0.5, 0.6) is 5.75 Å². The standard InChI is InChI=1S/C16H23NO4/c1-4-6-8-11(5-2)15(18)14-12(16(19)17-20)9-7-10-13(14)21-3/h7,9-11,20H,4-6,8H2,1-3H3,(H,17,19). The van der Waals surface area contributed by atoms with Gasteiger partial charge in [-0.2, -0.15) is 0 Å².